The zero-order chi connectivity index (χ0) is 15.0. The molecule has 8 heteroatoms. The zero-order valence-electron chi connectivity index (χ0n) is 10.8. The van der Waals surface area contributed by atoms with Crippen LogP contribution in [0, 0.1) is 23.4 Å². The van der Waals surface area contributed by atoms with Gasteiger partial charge in [-0.2, -0.15) is 15.4 Å². The van der Waals surface area contributed by atoms with Gasteiger partial charge in [0.2, 0.25) is 5.91 Å². The van der Waals surface area contributed by atoms with Crippen LogP contribution in [0.25, 0.3) is 0 Å². The van der Waals surface area contributed by atoms with Crippen molar-refractivity contribution < 1.29 is 18.0 Å². The zero-order valence-corrected chi connectivity index (χ0v) is 10.8. The molecule has 1 amide bonds. The second kappa shape index (κ2) is 5.19. The summed E-state index contributed by atoms with van der Waals surface area (Å²) in [6.07, 6.45) is 1.50. The van der Waals surface area contributed by atoms with Crippen LogP contribution in [0.1, 0.15) is 17.8 Å². The Bertz CT molecular complexity index is 701. The van der Waals surface area contributed by atoms with E-state index in [0.717, 1.165) is 17.8 Å². The number of aromatic nitrogens is 3. The van der Waals surface area contributed by atoms with Crippen molar-refractivity contribution in [2.75, 3.05) is 5.32 Å². The van der Waals surface area contributed by atoms with E-state index in [9.17, 15) is 18.0 Å². The first-order valence-electron chi connectivity index (χ1n) is 6.39. The van der Waals surface area contributed by atoms with Gasteiger partial charge in [0.15, 0.2) is 17.5 Å². The third kappa shape index (κ3) is 2.48. The standard InChI is InChI=1S/C13H11F3N4O/c14-7-2-4-9(12(16)11(7)15)17-13(21)6-1-3-8-10(5-6)19-20-18-8/h2,4,6H,1,3,5H2,(H,17,21)(H,18,19,20). The number of carbonyl (C=O) groups is 1. The predicted molar refractivity (Wildman–Crippen MR) is 66.8 cm³/mol. The first kappa shape index (κ1) is 13.6. The van der Waals surface area contributed by atoms with Crippen molar-refractivity contribution in [2.24, 2.45) is 5.92 Å². The van der Waals surface area contributed by atoms with Gasteiger partial charge in [0.05, 0.1) is 17.1 Å². The number of carbonyl (C=O) groups excluding carboxylic acids is 1. The molecule has 2 N–H and O–H groups in total. The summed E-state index contributed by atoms with van der Waals surface area (Å²) in [5.41, 5.74) is 1.15. The lowest BCUT2D eigenvalue weighted by Crippen LogP contribution is -2.28. The Kier molecular flexibility index (Phi) is 3.36. The molecule has 5 nitrogen and oxygen atoms in total. The van der Waals surface area contributed by atoms with Gasteiger partial charge in [-0.25, -0.2) is 13.2 Å². The van der Waals surface area contributed by atoms with E-state index in [1.165, 1.54) is 0 Å². The SMILES string of the molecule is O=C(Nc1ccc(F)c(F)c1F)C1CCc2n[nH]nc2C1. The van der Waals surface area contributed by atoms with E-state index in [-0.39, 0.29) is 5.69 Å². The molecule has 110 valence electrons. The first-order valence-corrected chi connectivity index (χ1v) is 6.39. The summed E-state index contributed by atoms with van der Waals surface area (Å²) >= 11 is 0. The number of anilines is 1. The molecule has 1 aromatic carbocycles. The lowest BCUT2D eigenvalue weighted by Gasteiger charge is -2.19. The minimum absolute atomic E-state index is 0.371. The van der Waals surface area contributed by atoms with Gasteiger partial charge in [-0.3, -0.25) is 4.79 Å². The van der Waals surface area contributed by atoms with Crippen LogP contribution in [0.5, 0.6) is 0 Å². The molecule has 1 atom stereocenters. The predicted octanol–water partition coefficient (Wildman–Crippen LogP) is 1.97. The monoisotopic (exact) mass is 296 g/mol. The molecule has 1 heterocycles. The van der Waals surface area contributed by atoms with E-state index in [1.807, 2.05) is 0 Å². The number of hydrogen-bond acceptors (Lipinski definition) is 3. The van der Waals surface area contributed by atoms with Crippen molar-refractivity contribution in [2.45, 2.75) is 19.3 Å². The highest BCUT2D eigenvalue weighted by atomic mass is 19.2. The van der Waals surface area contributed by atoms with Crippen LogP contribution >= 0.6 is 0 Å². The number of aromatic amines is 1. The number of H-pyrrole nitrogens is 1. The molecule has 1 unspecified atom stereocenters. The normalized spacial score (nSPS) is 17.4. The molecule has 2 aromatic rings. The van der Waals surface area contributed by atoms with Gasteiger partial charge in [0.25, 0.3) is 0 Å². The van der Waals surface area contributed by atoms with E-state index < -0.39 is 29.3 Å². The molecular weight excluding hydrogens is 285 g/mol. The van der Waals surface area contributed by atoms with Crippen LogP contribution in [0.15, 0.2) is 12.1 Å². The van der Waals surface area contributed by atoms with Gasteiger partial charge in [0.1, 0.15) is 0 Å². The topological polar surface area (TPSA) is 70.7 Å². The molecule has 0 spiro atoms. The second-order valence-corrected chi connectivity index (χ2v) is 4.87. The fourth-order valence-electron chi connectivity index (χ4n) is 2.37. The largest absolute Gasteiger partial charge is 0.323 e. The number of rotatable bonds is 2. The fourth-order valence-corrected chi connectivity index (χ4v) is 2.37. The van der Waals surface area contributed by atoms with Gasteiger partial charge in [0, 0.05) is 12.3 Å². The fraction of sp³-hybridized carbons (Fsp3) is 0.308. The Morgan fingerprint density at radius 2 is 1.95 bits per heavy atom. The summed E-state index contributed by atoms with van der Waals surface area (Å²) in [4.78, 5) is 12.1. The number of benzene rings is 1. The molecule has 1 aliphatic rings. The number of nitrogens with one attached hydrogen (secondary N) is 2. The van der Waals surface area contributed by atoms with Gasteiger partial charge < -0.3 is 5.32 Å². The Morgan fingerprint density at radius 1 is 1.19 bits per heavy atom. The summed E-state index contributed by atoms with van der Waals surface area (Å²) in [5.74, 6) is -5.16. The highest BCUT2D eigenvalue weighted by Gasteiger charge is 2.28. The average molecular weight is 296 g/mol. The Hall–Kier alpha value is -2.38. The summed E-state index contributed by atoms with van der Waals surface area (Å²) < 4.78 is 39.5. The second-order valence-electron chi connectivity index (χ2n) is 4.87. The van der Waals surface area contributed by atoms with Crippen molar-refractivity contribution in [3.63, 3.8) is 0 Å². The van der Waals surface area contributed by atoms with Gasteiger partial charge >= 0.3 is 0 Å². The van der Waals surface area contributed by atoms with Gasteiger partial charge in [-0.05, 0) is 25.0 Å². The third-order valence-corrected chi connectivity index (χ3v) is 3.54. The molecule has 21 heavy (non-hydrogen) atoms. The van der Waals surface area contributed by atoms with Gasteiger partial charge in [-0.1, -0.05) is 0 Å². The third-order valence-electron chi connectivity index (χ3n) is 3.54. The Morgan fingerprint density at radius 3 is 2.76 bits per heavy atom. The first-order chi connectivity index (χ1) is 10.1. The molecule has 1 aliphatic carbocycles. The number of hydrogen-bond donors (Lipinski definition) is 2. The summed E-state index contributed by atoms with van der Waals surface area (Å²) in [7, 11) is 0. The summed E-state index contributed by atoms with van der Waals surface area (Å²) in [5, 5.41) is 12.7. The van der Waals surface area contributed by atoms with Crippen molar-refractivity contribution in [1.29, 1.82) is 0 Å². The maximum absolute atomic E-state index is 13.5. The lowest BCUT2D eigenvalue weighted by atomic mass is 9.89. The highest BCUT2D eigenvalue weighted by Crippen LogP contribution is 2.25. The maximum Gasteiger partial charge on any atom is 0.227 e. The lowest BCUT2D eigenvalue weighted by molar-refractivity contribution is -0.120. The molecule has 1 aromatic heterocycles. The van der Waals surface area contributed by atoms with Crippen LogP contribution in [-0.4, -0.2) is 21.3 Å². The number of fused-ring (bicyclic) bond motifs is 1. The van der Waals surface area contributed by atoms with E-state index in [0.29, 0.717) is 25.0 Å². The molecule has 0 aliphatic heterocycles. The van der Waals surface area contributed by atoms with Crippen molar-refractivity contribution in [1.82, 2.24) is 15.4 Å². The van der Waals surface area contributed by atoms with E-state index in [2.05, 4.69) is 20.7 Å². The maximum atomic E-state index is 13.5. The molecule has 0 radical (unpaired) electrons. The highest BCUT2D eigenvalue weighted by molar-refractivity contribution is 5.93. The summed E-state index contributed by atoms with van der Waals surface area (Å²) in [6, 6.07) is 1.76. The van der Waals surface area contributed by atoms with E-state index in [4.69, 9.17) is 0 Å². The molecule has 0 bridgehead atoms. The minimum atomic E-state index is -1.60. The number of nitrogens with zero attached hydrogens (tertiary/aromatic N) is 2. The van der Waals surface area contributed by atoms with Crippen LogP contribution in [0.2, 0.25) is 0 Å². The van der Waals surface area contributed by atoms with E-state index >= 15 is 0 Å². The summed E-state index contributed by atoms with van der Waals surface area (Å²) in [6.45, 7) is 0. The van der Waals surface area contributed by atoms with E-state index in [1.54, 1.807) is 0 Å². The minimum Gasteiger partial charge on any atom is -0.323 e. The van der Waals surface area contributed by atoms with Crippen molar-refractivity contribution in [3.8, 4) is 0 Å². The van der Waals surface area contributed by atoms with Crippen LogP contribution in [0.4, 0.5) is 18.9 Å². The quantitative estimate of drug-likeness (QED) is 0.832. The molecule has 0 saturated carbocycles. The van der Waals surface area contributed by atoms with Crippen molar-refractivity contribution >= 4 is 11.6 Å². The van der Waals surface area contributed by atoms with Gasteiger partial charge in [-0.15, -0.1) is 0 Å². The number of amides is 1. The Balaban J connectivity index is 1.74. The van der Waals surface area contributed by atoms with Crippen LogP contribution in [0.3, 0.4) is 0 Å². The van der Waals surface area contributed by atoms with Crippen LogP contribution < -0.4 is 5.32 Å². The van der Waals surface area contributed by atoms with Crippen LogP contribution in [-0.2, 0) is 17.6 Å². The number of aryl methyl sites for hydroxylation is 1. The molecular formula is C13H11F3N4O. The molecule has 0 saturated heterocycles. The molecule has 3 rings (SSSR count). The van der Waals surface area contributed by atoms with Crippen molar-refractivity contribution in [3.05, 3.63) is 41.0 Å². The number of halogens is 3. The average Bonchev–Trinajstić information content (AvgIpc) is 2.95. The Labute approximate surface area is 117 Å². The smallest absolute Gasteiger partial charge is 0.227 e. The molecule has 0 fully saturated rings.